The van der Waals surface area contributed by atoms with E-state index in [4.69, 9.17) is 4.52 Å². The molecule has 0 saturated carbocycles. The first-order valence-corrected chi connectivity index (χ1v) is 6.28. The van der Waals surface area contributed by atoms with E-state index in [1.54, 1.807) is 22.6 Å². The summed E-state index contributed by atoms with van der Waals surface area (Å²) in [6.07, 6.45) is 1.66. The third-order valence-corrected chi connectivity index (χ3v) is 3.12. The number of anilines is 1. The van der Waals surface area contributed by atoms with Gasteiger partial charge in [0.1, 0.15) is 11.5 Å². The molecule has 0 radical (unpaired) electrons. The van der Waals surface area contributed by atoms with Crippen LogP contribution in [0.5, 0.6) is 0 Å². The van der Waals surface area contributed by atoms with Gasteiger partial charge < -0.3 is 9.84 Å². The Balaban J connectivity index is 2.10. The highest BCUT2D eigenvalue weighted by atomic mass is 127. The van der Waals surface area contributed by atoms with Crippen molar-refractivity contribution in [1.29, 1.82) is 0 Å². The Morgan fingerprint density at radius 3 is 2.95 bits per heavy atom. The second kappa shape index (κ2) is 5.91. The molecular weight excluding hydrogens is 370 g/mol. The largest absolute Gasteiger partial charge is 0.379 e. The molecule has 0 amide bonds. The molecule has 0 atom stereocenters. The van der Waals surface area contributed by atoms with Crippen molar-refractivity contribution >= 4 is 34.0 Å². The summed E-state index contributed by atoms with van der Waals surface area (Å²) < 4.78 is 18.4. The molecule has 19 heavy (non-hydrogen) atoms. The van der Waals surface area contributed by atoms with Crippen LogP contribution in [0.25, 0.3) is 0 Å². The van der Waals surface area contributed by atoms with Gasteiger partial charge in [0.15, 0.2) is 6.33 Å². The van der Waals surface area contributed by atoms with Gasteiger partial charge in [0.25, 0.3) is 5.69 Å². The molecule has 100 valence electrons. The maximum atomic E-state index is 13.4. The number of aromatic nitrogens is 2. The Morgan fingerprint density at radius 1 is 1.53 bits per heavy atom. The van der Waals surface area contributed by atoms with Crippen molar-refractivity contribution in [3.05, 3.63) is 43.9 Å². The third kappa shape index (κ3) is 3.36. The van der Waals surface area contributed by atoms with Crippen LogP contribution in [0, 0.1) is 19.5 Å². The van der Waals surface area contributed by atoms with Gasteiger partial charge in [-0.2, -0.15) is 4.98 Å². The summed E-state index contributed by atoms with van der Waals surface area (Å²) in [4.78, 5) is 14.1. The van der Waals surface area contributed by atoms with Gasteiger partial charge in [-0.1, -0.05) is 5.16 Å². The van der Waals surface area contributed by atoms with Crippen LogP contribution in [0.15, 0.2) is 23.0 Å². The van der Waals surface area contributed by atoms with Crippen molar-refractivity contribution in [2.45, 2.75) is 6.42 Å². The van der Waals surface area contributed by atoms with E-state index in [0.717, 1.165) is 6.07 Å². The van der Waals surface area contributed by atoms with E-state index >= 15 is 0 Å². The number of hydrogen-bond acceptors (Lipinski definition) is 6. The van der Waals surface area contributed by atoms with E-state index < -0.39 is 10.7 Å². The molecular formula is C10H8FIN4O3. The van der Waals surface area contributed by atoms with E-state index in [1.807, 2.05) is 0 Å². The van der Waals surface area contributed by atoms with Gasteiger partial charge in [-0.05, 0) is 22.6 Å². The Labute approximate surface area is 120 Å². The topological polar surface area (TPSA) is 94.1 Å². The molecule has 0 saturated heterocycles. The van der Waals surface area contributed by atoms with Gasteiger partial charge in [0.2, 0.25) is 5.89 Å². The highest BCUT2D eigenvalue weighted by molar-refractivity contribution is 14.1. The van der Waals surface area contributed by atoms with Crippen LogP contribution in [0.1, 0.15) is 5.89 Å². The smallest absolute Gasteiger partial charge is 0.293 e. The minimum absolute atomic E-state index is 0.127. The van der Waals surface area contributed by atoms with Crippen molar-refractivity contribution in [2.75, 3.05) is 11.9 Å². The van der Waals surface area contributed by atoms with Crippen LogP contribution in [0.3, 0.4) is 0 Å². The molecule has 0 aliphatic heterocycles. The summed E-state index contributed by atoms with van der Waals surface area (Å²) in [5.41, 5.74) is -0.0428. The minimum atomic E-state index is -0.559. The molecule has 1 heterocycles. The average Bonchev–Trinajstić information content (AvgIpc) is 2.86. The van der Waals surface area contributed by atoms with Crippen molar-refractivity contribution in [3.8, 4) is 0 Å². The quantitative estimate of drug-likeness (QED) is 0.488. The number of rotatable bonds is 5. The lowest BCUT2D eigenvalue weighted by Crippen LogP contribution is -2.08. The molecule has 0 bridgehead atoms. The standard InChI is InChI=1S/C10H8FIN4O3/c11-6-3-8(9(16(17)18)4-7(6)12)13-2-1-10-14-5-15-19-10/h3-5,13H,1-2H2. The number of nitro benzene ring substituents is 1. The highest BCUT2D eigenvalue weighted by Crippen LogP contribution is 2.28. The first-order chi connectivity index (χ1) is 9.08. The van der Waals surface area contributed by atoms with Crippen LogP contribution in [-0.2, 0) is 6.42 Å². The van der Waals surface area contributed by atoms with Gasteiger partial charge in [-0.15, -0.1) is 0 Å². The van der Waals surface area contributed by atoms with Gasteiger partial charge in [0, 0.05) is 25.1 Å². The van der Waals surface area contributed by atoms with E-state index in [0.29, 0.717) is 18.9 Å². The summed E-state index contributed by atoms with van der Waals surface area (Å²) >= 11 is 1.71. The molecule has 0 fully saturated rings. The lowest BCUT2D eigenvalue weighted by atomic mass is 10.2. The third-order valence-electron chi connectivity index (χ3n) is 2.30. The molecule has 0 spiro atoms. The number of halogens is 2. The van der Waals surface area contributed by atoms with Gasteiger partial charge in [-0.3, -0.25) is 10.1 Å². The number of benzene rings is 1. The Morgan fingerprint density at radius 2 is 2.32 bits per heavy atom. The summed E-state index contributed by atoms with van der Waals surface area (Å²) in [5.74, 6) is -0.104. The lowest BCUT2D eigenvalue weighted by molar-refractivity contribution is -0.384. The van der Waals surface area contributed by atoms with Crippen LogP contribution in [-0.4, -0.2) is 21.6 Å². The second-order valence-electron chi connectivity index (χ2n) is 3.55. The van der Waals surface area contributed by atoms with E-state index in [-0.39, 0.29) is 14.9 Å². The first-order valence-electron chi connectivity index (χ1n) is 5.21. The highest BCUT2D eigenvalue weighted by Gasteiger charge is 2.17. The molecule has 7 nitrogen and oxygen atoms in total. The monoisotopic (exact) mass is 378 g/mol. The molecule has 9 heteroatoms. The molecule has 1 N–H and O–H groups in total. The number of nitrogens with zero attached hydrogens (tertiary/aromatic N) is 3. The van der Waals surface area contributed by atoms with Crippen LogP contribution in [0.2, 0.25) is 0 Å². The van der Waals surface area contributed by atoms with Crippen molar-refractivity contribution in [2.24, 2.45) is 0 Å². The zero-order valence-electron chi connectivity index (χ0n) is 9.47. The number of nitrogens with one attached hydrogen (secondary N) is 1. The fourth-order valence-corrected chi connectivity index (χ4v) is 1.89. The van der Waals surface area contributed by atoms with Crippen molar-refractivity contribution in [3.63, 3.8) is 0 Å². The summed E-state index contributed by atoms with van der Waals surface area (Å²) in [7, 11) is 0. The molecule has 0 aliphatic carbocycles. The van der Waals surface area contributed by atoms with E-state index in [2.05, 4.69) is 15.5 Å². The maximum Gasteiger partial charge on any atom is 0.293 e. The van der Waals surface area contributed by atoms with E-state index in [9.17, 15) is 14.5 Å². The molecule has 1 aromatic carbocycles. The Hall–Kier alpha value is -1.78. The fourth-order valence-electron chi connectivity index (χ4n) is 1.44. The van der Waals surface area contributed by atoms with Crippen LogP contribution in [0.4, 0.5) is 15.8 Å². The van der Waals surface area contributed by atoms with Crippen LogP contribution < -0.4 is 5.32 Å². The van der Waals surface area contributed by atoms with Gasteiger partial charge >= 0.3 is 0 Å². The van der Waals surface area contributed by atoms with E-state index in [1.165, 1.54) is 12.4 Å². The predicted octanol–water partition coefficient (Wildman–Crippen LogP) is 2.38. The predicted molar refractivity (Wildman–Crippen MR) is 72.3 cm³/mol. The molecule has 1 aromatic heterocycles. The van der Waals surface area contributed by atoms with Gasteiger partial charge in [0.05, 0.1) is 8.49 Å². The Kier molecular flexibility index (Phi) is 4.24. The summed E-state index contributed by atoms with van der Waals surface area (Å²) in [5, 5.41) is 17.1. The number of nitro groups is 1. The lowest BCUT2D eigenvalue weighted by Gasteiger charge is -2.06. The molecule has 2 rings (SSSR count). The normalized spacial score (nSPS) is 10.4. The first kappa shape index (κ1) is 13.6. The zero-order chi connectivity index (χ0) is 13.8. The average molecular weight is 378 g/mol. The van der Waals surface area contributed by atoms with Gasteiger partial charge in [-0.25, -0.2) is 4.39 Å². The molecule has 2 aromatic rings. The zero-order valence-corrected chi connectivity index (χ0v) is 11.6. The number of hydrogen-bond donors (Lipinski definition) is 1. The van der Waals surface area contributed by atoms with Crippen molar-refractivity contribution < 1.29 is 13.8 Å². The summed E-state index contributed by atoms with van der Waals surface area (Å²) in [6.45, 7) is 0.322. The maximum absolute atomic E-state index is 13.4. The second-order valence-corrected chi connectivity index (χ2v) is 4.71. The fraction of sp³-hybridized carbons (Fsp3) is 0.200. The molecule has 0 aliphatic rings. The minimum Gasteiger partial charge on any atom is -0.379 e. The summed E-state index contributed by atoms with van der Waals surface area (Å²) in [6, 6.07) is 2.29. The Bertz CT molecular complexity index is 591. The molecule has 0 unspecified atom stereocenters. The van der Waals surface area contributed by atoms with Crippen molar-refractivity contribution in [1.82, 2.24) is 10.1 Å². The SMILES string of the molecule is O=[N+]([O-])c1cc(I)c(F)cc1NCCc1ncno1. The van der Waals surface area contributed by atoms with Crippen LogP contribution >= 0.6 is 22.6 Å².